The number of hydrogen-bond acceptors (Lipinski definition) is 7. The second-order valence-corrected chi connectivity index (χ2v) is 5.10. The van der Waals surface area contributed by atoms with Gasteiger partial charge >= 0.3 is 11.9 Å². The van der Waals surface area contributed by atoms with Crippen molar-refractivity contribution >= 4 is 34.3 Å². The highest BCUT2D eigenvalue weighted by molar-refractivity contribution is 7.17. The molecule has 22 heavy (non-hydrogen) atoms. The van der Waals surface area contributed by atoms with Crippen LogP contribution in [0.2, 0.25) is 0 Å². The lowest BCUT2D eigenvalue weighted by molar-refractivity contribution is -0.131. The number of nitrogens with zero attached hydrogens (tertiary/aromatic N) is 1. The molecule has 0 aliphatic heterocycles. The number of aromatic nitrogens is 1. The molecule has 1 N–H and O–H groups in total. The Bertz CT molecular complexity index is 726. The molecular weight excluding hydrogens is 308 g/mol. The summed E-state index contributed by atoms with van der Waals surface area (Å²) in [5.74, 6) is -1.40. The first-order valence-electron chi connectivity index (χ1n) is 6.14. The van der Waals surface area contributed by atoms with Crippen LogP contribution < -0.4 is 10.1 Å². The number of para-hydroxylation sites is 1. The lowest BCUT2D eigenvalue weighted by Gasteiger charge is -2.07. The smallest absolute Gasteiger partial charge is 0.349 e. The van der Waals surface area contributed by atoms with E-state index in [2.05, 4.69) is 15.0 Å². The molecule has 0 saturated carbocycles. The van der Waals surface area contributed by atoms with Crippen molar-refractivity contribution < 1.29 is 23.9 Å². The van der Waals surface area contributed by atoms with Gasteiger partial charge in [-0.2, -0.15) is 0 Å². The van der Waals surface area contributed by atoms with Crippen LogP contribution in [-0.4, -0.2) is 29.9 Å². The summed E-state index contributed by atoms with van der Waals surface area (Å²) in [5.41, 5.74) is 0.188. The quantitative estimate of drug-likeness (QED) is 0.685. The fourth-order valence-corrected chi connectivity index (χ4v) is 2.32. The molecule has 0 fully saturated rings. The van der Waals surface area contributed by atoms with E-state index >= 15 is 0 Å². The predicted octanol–water partition coefficient (Wildman–Crippen LogP) is 2.11. The van der Waals surface area contributed by atoms with E-state index in [-0.39, 0.29) is 21.3 Å². The third-order valence-electron chi connectivity index (χ3n) is 2.50. The van der Waals surface area contributed by atoms with Crippen LogP contribution in [0.3, 0.4) is 0 Å². The molecule has 0 aliphatic rings. The van der Waals surface area contributed by atoms with Gasteiger partial charge in [-0.25, -0.2) is 9.78 Å². The summed E-state index contributed by atoms with van der Waals surface area (Å²) in [4.78, 5) is 38.8. The monoisotopic (exact) mass is 320 g/mol. The molecule has 1 heterocycles. The standard InChI is InChI=1S/C14H12N2O5S/c1-8(17)21-10-6-4-3-5-9(10)12(18)16-14-15-7-11(22-14)13(19)20-2/h3-7H,1-2H3,(H,15,16,18). The van der Waals surface area contributed by atoms with Gasteiger partial charge in [-0.15, -0.1) is 0 Å². The van der Waals surface area contributed by atoms with E-state index in [0.29, 0.717) is 0 Å². The van der Waals surface area contributed by atoms with E-state index in [1.807, 2.05) is 0 Å². The number of ether oxygens (including phenoxy) is 2. The van der Waals surface area contributed by atoms with E-state index in [4.69, 9.17) is 4.74 Å². The Morgan fingerprint density at radius 3 is 2.64 bits per heavy atom. The van der Waals surface area contributed by atoms with Crippen LogP contribution in [0, 0.1) is 0 Å². The zero-order valence-corrected chi connectivity index (χ0v) is 12.6. The van der Waals surface area contributed by atoms with Crippen molar-refractivity contribution in [2.75, 3.05) is 12.4 Å². The molecule has 0 aliphatic carbocycles. The van der Waals surface area contributed by atoms with Gasteiger partial charge in [-0.1, -0.05) is 23.5 Å². The molecule has 0 radical (unpaired) electrons. The molecular formula is C14H12N2O5S. The van der Waals surface area contributed by atoms with E-state index in [9.17, 15) is 14.4 Å². The van der Waals surface area contributed by atoms with Crippen molar-refractivity contribution in [2.24, 2.45) is 0 Å². The zero-order chi connectivity index (χ0) is 16.1. The van der Waals surface area contributed by atoms with Gasteiger partial charge in [0.05, 0.1) is 18.9 Å². The summed E-state index contributed by atoms with van der Waals surface area (Å²) < 4.78 is 9.54. The number of methoxy groups -OCH3 is 1. The molecule has 0 bridgehead atoms. The molecule has 0 atom stereocenters. The van der Waals surface area contributed by atoms with Gasteiger partial charge in [0.2, 0.25) is 0 Å². The van der Waals surface area contributed by atoms with Crippen molar-refractivity contribution in [1.82, 2.24) is 4.98 Å². The minimum atomic E-state index is -0.529. The Labute approximate surface area is 129 Å². The van der Waals surface area contributed by atoms with Crippen LogP contribution in [-0.2, 0) is 9.53 Å². The van der Waals surface area contributed by atoms with Crippen LogP contribution in [0.1, 0.15) is 27.0 Å². The van der Waals surface area contributed by atoms with Crippen molar-refractivity contribution in [3.05, 3.63) is 40.9 Å². The Morgan fingerprint density at radius 2 is 1.95 bits per heavy atom. The van der Waals surface area contributed by atoms with Crippen molar-refractivity contribution in [2.45, 2.75) is 6.92 Å². The Kier molecular flexibility index (Phi) is 4.84. The first kappa shape index (κ1) is 15.6. The van der Waals surface area contributed by atoms with Crippen molar-refractivity contribution in [3.63, 3.8) is 0 Å². The van der Waals surface area contributed by atoms with Gasteiger partial charge in [-0.05, 0) is 12.1 Å². The molecule has 2 rings (SSSR count). The lowest BCUT2D eigenvalue weighted by Crippen LogP contribution is -2.14. The molecule has 1 aromatic heterocycles. The summed E-state index contributed by atoms with van der Waals surface area (Å²) >= 11 is 0.983. The highest BCUT2D eigenvalue weighted by Gasteiger charge is 2.16. The van der Waals surface area contributed by atoms with Crippen LogP contribution in [0.5, 0.6) is 5.75 Å². The van der Waals surface area contributed by atoms with Crippen LogP contribution in [0.15, 0.2) is 30.5 Å². The second-order valence-electron chi connectivity index (χ2n) is 4.07. The van der Waals surface area contributed by atoms with E-state index in [0.717, 1.165) is 11.3 Å². The fraction of sp³-hybridized carbons (Fsp3) is 0.143. The summed E-state index contributed by atoms with van der Waals surface area (Å²) in [6.07, 6.45) is 1.31. The summed E-state index contributed by atoms with van der Waals surface area (Å²) in [6.45, 7) is 1.25. The average Bonchev–Trinajstić information content (AvgIpc) is 2.94. The van der Waals surface area contributed by atoms with E-state index in [1.165, 1.54) is 32.4 Å². The molecule has 7 nitrogen and oxygen atoms in total. The van der Waals surface area contributed by atoms with Gasteiger partial charge in [0, 0.05) is 6.92 Å². The van der Waals surface area contributed by atoms with Gasteiger partial charge in [-0.3, -0.25) is 14.9 Å². The summed E-state index contributed by atoms with van der Waals surface area (Å²) in [7, 11) is 1.26. The Morgan fingerprint density at radius 1 is 1.23 bits per heavy atom. The topological polar surface area (TPSA) is 94.6 Å². The maximum atomic E-state index is 12.2. The molecule has 8 heteroatoms. The predicted molar refractivity (Wildman–Crippen MR) is 79.2 cm³/mol. The number of esters is 2. The van der Waals surface area contributed by atoms with E-state index < -0.39 is 17.8 Å². The third-order valence-corrected chi connectivity index (χ3v) is 3.39. The minimum Gasteiger partial charge on any atom is -0.465 e. The summed E-state index contributed by atoms with van der Waals surface area (Å²) in [5, 5.41) is 2.78. The lowest BCUT2D eigenvalue weighted by atomic mass is 10.2. The van der Waals surface area contributed by atoms with Crippen LogP contribution in [0.25, 0.3) is 0 Å². The van der Waals surface area contributed by atoms with Crippen molar-refractivity contribution in [3.8, 4) is 5.75 Å². The molecule has 114 valence electrons. The largest absolute Gasteiger partial charge is 0.465 e. The molecule has 1 amide bonds. The van der Waals surface area contributed by atoms with Gasteiger partial charge in [0.15, 0.2) is 5.13 Å². The number of benzene rings is 1. The highest BCUT2D eigenvalue weighted by atomic mass is 32.1. The number of rotatable bonds is 4. The molecule has 0 spiro atoms. The number of carbonyl (C=O) groups is 3. The van der Waals surface area contributed by atoms with Crippen LogP contribution in [0.4, 0.5) is 5.13 Å². The third kappa shape index (κ3) is 3.67. The number of nitrogens with one attached hydrogen (secondary N) is 1. The molecule has 2 aromatic rings. The normalized spacial score (nSPS) is 9.91. The maximum Gasteiger partial charge on any atom is 0.349 e. The first-order chi connectivity index (χ1) is 10.5. The fourth-order valence-electron chi connectivity index (χ4n) is 1.59. The van der Waals surface area contributed by atoms with Crippen LogP contribution >= 0.6 is 11.3 Å². The first-order valence-corrected chi connectivity index (χ1v) is 6.96. The maximum absolute atomic E-state index is 12.2. The average molecular weight is 320 g/mol. The van der Waals surface area contributed by atoms with Gasteiger partial charge in [0.1, 0.15) is 10.6 Å². The van der Waals surface area contributed by atoms with Crippen molar-refractivity contribution in [1.29, 1.82) is 0 Å². The molecule has 1 aromatic carbocycles. The minimum absolute atomic E-state index is 0.150. The molecule has 0 saturated heterocycles. The SMILES string of the molecule is COC(=O)c1cnc(NC(=O)c2ccccc2OC(C)=O)s1. The number of carbonyl (C=O) groups excluding carboxylic acids is 3. The highest BCUT2D eigenvalue weighted by Crippen LogP contribution is 2.23. The van der Waals surface area contributed by atoms with Gasteiger partial charge < -0.3 is 9.47 Å². The number of thiazole rings is 1. The number of hydrogen-bond donors (Lipinski definition) is 1. The Balaban J connectivity index is 2.17. The Hall–Kier alpha value is -2.74. The summed E-state index contributed by atoms with van der Waals surface area (Å²) in [6, 6.07) is 6.32. The van der Waals surface area contributed by atoms with Gasteiger partial charge in [0.25, 0.3) is 5.91 Å². The zero-order valence-electron chi connectivity index (χ0n) is 11.8. The van der Waals surface area contributed by atoms with E-state index in [1.54, 1.807) is 12.1 Å². The molecule has 0 unspecified atom stereocenters. The number of anilines is 1. The second kappa shape index (κ2) is 6.81. The number of amides is 1.